The maximum Gasteiger partial charge on any atom is 0.337 e. The summed E-state index contributed by atoms with van der Waals surface area (Å²) < 4.78 is 32.5. The minimum absolute atomic E-state index is 0.0749. The van der Waals surface area contributed by atoms with E-state index in [2.05, 4.69) is 10.0 Å². The molecule has 0 saturated carbocycles. The SMILES string of the molecule is CC(C)OCCCNS(=O)(=O)c1ccc(NC(C)(C)C)c(C(=O)O)c1. The number of ether oxygens (including phenoxy) is 1. The average Bonchev–Trinajstić information content (AvgIpc) is 2.44. The van der Waals surface area contributed by atoms with Crippen LogP contribution in [-0.4, -0.2) is 44.3 Å². The molecule has 0 bridgehead atoms. The van der Waals surface area contributed by atoms with Crippen molar-refractivity contribution in [3.05, 3.63) is 23.8 Å². The van der Waals surface area contributed by atoms with E-state index >= 15 is 0 Å². The molecule has 1 rings (SSSR count). The summed E-state index contributed by atoms with van der Waals surface area (Å²) in [6, 6.07) is 4.04. The first-order valence-corrected chi connectivity index (χ1v) is 9.67. The predicted octanol–water partition coefficient (Wildman–Crippen LogP) is 2.69. The quantitative estimate of drug-likeness (QED) is 0.576. The number of benzene rings is 1. The second kappa shape index (κ2) is 8.64. The van der Waals surface area contributed by atoms with Crippen LogP contribution in [0.25, 0.3) is 0 Å². The first kappa shape index (κ1) is 21.4. The number of carboxylic acid groups (broad SMARTS) is 1. The van der Waals surface area contributed by atoms with Crippen LogP contribution in [0.5, 0.6) is 0 Å². The lowest BCUT2D eigenvalue weighted by Gasteiger charge is -2.23. The normalized spacial score (nSPS) is 12.4. The molecule has 25 heavy (non-hydrogen) atoms. The van der Waals surface area contributed by atoms with Crippen LogP contribution in [-0.2, 0) is 14.8 Å². The molecule has 0 aromatic heterocycles. The third-order valence-corrected chi connectivity index (χ3v) is 4.56. The highest BCUT2D eigenvalue weighted by molar-refractivity contribution is 7.89. The van der Waals surface area contributed by atoms with Crippen LogP contribution >= 0.6 is 0 Å². The van der Waals surface area contributed by atoms with E-state index in [0.29, 0.717) is 18.7 Å². The molecule has 0 spiro atoms. The van der Waals surface area contributed by atoms with Gasteiger partial charge in [0.1, 0.15) is 0 Å². The molecule has 0 unspecified atom stereocenters. The summed E-state index contributed by atoms with van der Waals surface area (Å²) in [4.78, 5) is 11.4. The molecule has 1 aromatic carbocycles. The van der Waals surface area contributed by atoms with E-state index in [1.807, 2.05) is 34.6 Å². The Balaban J connectivity index is 2.89. The van der Waals surface area contributed by atoms with Crippen molar-refractivity contribution >= 4 is 21.7 Å². The van der Waals surface area contributed by atoms with Crippen molar-refractivity contribution in [3.8, 4) is 0 Å². The van der Waals surface area contributed by atoms with Gasteiger partial charge in [-0.1, -0.05) is 0 Å². The molecule has 0 amide bonds. The fourth-order valence-corrected chi connectivity index (χ4v) is 3.16. The maximum atomic E-state index is 12.3. The Morgan fingerprint density at radius 1 is 1.28 bits per heavy atom. The second-order valence-corrected chi connectivity index (χ2v) is 8.83. The van der Waals surface area contributed by atoms with Gasteiger partial charge in [0.05, 0.1) is 16.6 Å². The van der Waals surface area contributed by atoms with E-state index < -0.39 is 16.0 Å². The third kappa shape index (κ3) is 7.41. The fourth-order valence-electron chi connectivity index (χ4n) is 2.06. The third-order valence-electron chi connectivity index (χ3n) is 3.11. The Hall–Kier alpha value is -1.64. The largest absolute Gasteiger partial charge is 0.478 e. The predicted molar refractivity (Wildman–Crippen MR) is 97.7 cm³/mol. The van der Waals surface area contributed by atoms with Gasteiger partial charge >= 0.3 is 5.97 Å². The fraction of sp³-hybridized carbons (Fsp3) is 0.588. The molecule has 0 aliphatic heterocycles. The van der Waals surface area contributed by atoms with Crippen molar-refractivity contribution in [3.63, 3.8) is 0 Å². The minimum atomic E-state index is -3.77. The van der Waals surface area contributed by atoms with Gasteiger partial charge < -0.3 is 15.2 Å². The van der Waals surface area contributed by atoms with Gasteiger partial charge in [0.25, 0.3) is 0 Å². The van der Waals surface area contributed by atoms with E-state index in [0.717, 1.165) is 0 Å². The van der Waals surface area contributed by atoms with Gasteiger partial charge in [-0.3, -0.25) is 0 Å². The standard InChI is InChI=1S/C17H28N2O5S/c1-12(2)24-10-6-9-18-25(22,23)13-7-8-15(19-17(3,4)5)14(11-13)16(20)21/h7-8,11-12,18-19H,6,9-10H2,1-5H3,(H,20,21). The Kier molecular flexibility index (Phi) is 7.40. The molecule has 0 fully saturated rings. The highest BCUT2D eigenvalue weighted by Gasteiger charge is 2.21. The van der Waals surface area contributed by atoms with Gasteiger partial charge in [-0.25, -0.2) is 17.9 Å². The van der Waals surface area contributed by atoms with E-state index in [1.165, 1.54) is 18.2 Å². The van der Waals surface area contributed by atoms with Crippen LogP contribution in [0, 0.1) is 0 Å². The van der Waals surface area contributed by atoms with Gasteiger partial charge in [0, 0.05) is 24.4 Å². The first-order valence-electron chi connectivity index (χ1n) is 8.19. The van der Waals surface area contributed by atoms with E-state index in [1.54, 1.807) is 0 Å². The molecule has 7 nitrogen and oxygen atoms in total. The molecule has 142 valence electrons. The lowest BCUT2D eigenvalue weighted by molar-refractivity contribution is 0.0697. The van der Waals surface area contributed by atoms with Crippen molar-refractivity contribution in [2.24, 2.45) is 0 Å². The molecule has 0 saturated heterocycles. The van der Waals surface area contributed by atoms with Gasteiger partial charge in [-0.2, -0.15) is 0 Å². The number of carboxylic acids is 1. The zero-order chi connectivity index (χ0) is 19.3. The van der Waals surface area contributed by atoms with E-state index in [4.69, 9.17) is 4.74 Å². The Labute approximate surface area is 149 Å². The number of hydrogen-bond acceptors (Lipinski definition) is 5. The first-order chi connectivity index (χ1) is 11.4. The van der Waals surface area contributed by atoms with Crippen molar-refractivity contribution in [1.29, 1.82) is 0 Å². The van der Waals surface area contributed by atoms with Crippen LogP contribution < -0.4 is 10.0 Å². The summed E-state index contributed by atoms with van der Waals surface area (Å²) >= 11 is 0. The summed E-state index contributed by atoms with van der Waals surface area (Å²) in [6.07, 6.45) is 0.630. The molecule has 0 radical (unpaired) electrons. The lowest BCUT2D eigenvalue weighted by atomic mass is 10.1. The Morgan fingerprint density at radius 3 is 2.44 bits per heavy atom. The summed E-state index contributed by atoms with van der Waals surface area (Å²) in [5, 5.41) is 12.4. The minimum Gasteiger partial charge on any atom is -0.478 e. The zero-order valence-electron chi connectivity index (χ0n) is 15.4. The summed E-state index contributed by atoms with van der Waals surface area (Å²) in [7, 11) is -3.77. The highest BCUT2D eigenvalue weighted by Crippen LogP contribution is 2.23. The molecule has 1 aromatic rings. The second-order valence-electron chi connectivity index (χ2n) is 7.06. The van der Waals surface area contributed by atoms with Crippen LogP contribution in [0.2, 0.25) is 0 Å². The summed E-state index contributed by atoms with van der Waals surface area (Å²) in [6.45, 7) is 10.2. The number of aromatic carboxylic acids is 1. The van der Waals surface area contributed by atoms with Gasteiger partial charge in [0.15, 0.2) is 0 Å². The van der Waals surface area contributed by atoms with Crippen LogP contribution in [0.15, 0.2) is 23.1 Å². The number of carbonyl (C=O) groups is 1. The molecule has 0 heterocycles. The average molecular weight is 372 g/mol. The lowest BCUT2D eigenvalue weighted by Crippen LogP contribution is -2.28. The number of nitrogens with one attached hydrogen (secondary N) is 2. The number of anilines is 1. The van der Waals surface area contributed by atoms with Crippen LogP contribution in [0.1, 0.15) is 51.4 Å². The van der Waals surface area contributed by atoms with Crippen LogP contribution in [0.4, 0.5) is 5.69 Å². The maximum absolute atomic E-state index is 12.3. The molecule has 0 aliphatic carbocycles. The Morgan fingerprint density at radius 2 is 1.92 bits per heavy atom. The van der Waals surface area contributed by atoms with Gasteiger partial charge in [-0.05, 0) is 59.2 Å². The van der Waals surface area contributed by atoms with Gasteiger partial charge in [0.2, 0.25) is 10.0 Å². The highest BCUT2D eigenvalue weighted by atomic mass is 32.2. The molecule has 8 heteroatoms. The molecule has 0 atom stereocenters. The molecular formula is C17H28N2O5S. The van der Waals surface area contributed by atoms with Crippen molar-refractivity contribution in [2.45, 2.75) is 57.6 Å². The number of sulfonamides is 1. The molecular weight excluding hydrogens is 344 g/mol. The molecule has 0 aliphatic rings. The number of rotatable bonds is 9. The summed E-state index contributed by atoms with van der Waals surface area (Å²) in [5.41, 5.74) is -0.0515. The molecule has 3 N–H and O–H groups in total. The number of hydrogen-bond donors (Lipinski definition) is 3. The van der Waals surface area contributed by atoms with Crippen LogP contribution in [0.3, 0.4) is 0 Å². The summed E-state index contributed by atoms with van der Waals surface area (Å²) in [5.74, 6) is -1.19. The Bertz CT molecular complexity index is 693. The van der Waals surface area contributed by atoms with E-state index in [-0.39, 0.29) is 28.6 Å². The smallest absolute Gasteiger partial charge is 0.337 e. The van der Waals surface area contributed by atoms with Crippen molar-refractivity contribution in [2.75, 3.05) is 18.5 Å². The monoisotopic (exact) mass is 372 g/mol. The topological polar surface area (TPSA) is 105 Å². The van der Waals surface area contributed by atoms with Crippen molar-refractivity contribution < 1.29 is 23.1 Å². The van der Waals surface area contributed by atoms with Gasteiger partial charge in [-0.15, -0.1) is 0 Å². The van der Waals surface area contributed by atoms with E-state index in [9.17, 15) is 18.3 Å². The van der Waals surface area contributed by atoms with Crippen molar-refractivity contribution in [1.82, 2.24) is 4.72 Å². The zero-order valence-corrected chi connectivity index (χ0v) is 16.2.